The Morgan fingerprint density at radius 1 is 1.17 bits per heavy atom. The van der Waals surface area contributed by atoms with Crippen molar-refractivity contribution in [3.63, 3.8) is 0 Å². The van der Waals surface area contributed by atoms with E-state index >= 15 is 0 Å². The minimum absolute atomic E-state index is 0.0849. The summed E-state index contributed by atoms with van der Waals surface area (Å²) >= 11 is 0. The molecule has 23 heavy (non-hydrogen) atoms. The molecule has 1 aliphatic heterocycles. The number of carbonyl (C=O) groups excluding carboxylic acids is 2. The van der Waals surface area contributed by atoms with Gasteiger partial charge in [-0.3, -0.25) is 14.6 Å². The molecule has 0 radical (unpaired) electrons. The van der Waals surface area contributed by atoms with Crippen LogP contribution in [0, 0.1) is 12.8 Å². The lowest BCUT2D eigenvalue weighted by atomic mass is 10.1. The van der Waals surface area contributed by atoms with Gasteiger partial charge in [-0.15, -0.1) is 0 Å². The summed E-state index contributed by atoms with van der Waals surface area (Å²) < 4.78 is 0. The third kappa shape index (κ3) is 3.08. The maximum atomic E-state index is 12.6. The molecule has 2 aromatic rings. The van der Waals surface area contributed by atoms with Crippen molar-refractivity contribution in [2.45, 2.75) is 13.3 Å². The number of hydrogen-bond acceptors (Lipinski definition) is 3. The first-order valence-corrected chi connectivity index (χ1v) is 7.68. The van der Waals surface area contributed by atoms with Crippen molar-refractivity contribution in [1.82, 2.24) is 9.88 Å². The Morgan fingerprint density at radius 2 is 1.91 bits per heavy atom. The highest BCUT2D eigenvalue weighted by molar-refractivity contribution is 5.96. The Labute approximate surface area is 135 Å². The number of amides is 2. The fraction of sp³-hybridized carbons (Fsp3) is 0.278. The maximum Gasteiger partial charge on any atom is 0.255 e. The minimum atomic E-state index is -0.338. The van der Waals surface area contributed by atoms with Gasteiger partial charge in [-0.2, -0.15) is 0 Å². The Bertz CT molecular complexity index is 743. The zero-order chi connectivity index (χ0) is 16.4. The third-order valence-electron chi connectivity index (χ3n) is 4.26. The second kappa shape index (κ2) is 6.20. The molecule has 3 rings (SSSR count). The fourth-order valence-electron chi connectivity index (χ4n) is 2.90. The number of aromatic nitrogens is 1. The van der Waals surface area contributed by atoms with Crippen LogP contribution >= 0.6 is 0 Å². The zero-order valence-electron chi connectivity index (χ0n) is 13.0. The normalized spacial score (nSPS) is 17.3. The number of rotatable bonds is 3. The van der Waals surface area contributed by atoms with Crippen molar-refractivity contribution >= 4 is 11.8 Å². The van der Waals surface area contributed by atoms with E-state index in [-0.39, 0.29) is 17.7 Å². The standard InChI is InChI=1S/C18H19N3O2/c1-12-15(18(23)21-10-9-14(11-21)17(19)22)7-8-16(20-12)13-5-3-2-4-6-13/h2-8,14H,9-11H2,1H3,(H2,19,22). The van der Waals surface area contributed by atoms with Gasteiger partial charge in [0.1, 0.15) is 0 Å². The summed E-state index contributed by atoms with van der Waals surface area (Å²) in [5, 5.41) is 0. The van der Waals surface area contributed by atoms with E-state index in [1.165, 1.54) is 0 Å². The van der Waals surface area contributed by atoms with Gasteiger partial charge in [0.05, 0.1) is 22.9 Å². The topological polar surface area (TPSA) is 76.3 Å². The number of aryl methyl sites for hydroxylation is 1. The molecule has 0 bridgehead atoms. The molecule has 5 heteroatoms. The van der Waals surface area contributed by atoms with Crippen LogP contribution in [0.2, 0.25) is 0 Å². The number of benzene rings is 1. The van der Waals surface area contributed by atoms with Crippen LogP contribution in [0.4, 0.5) is 0 Å². The molecular formula is C18H19N3O2. The van der Waals surface area contributed by atoms with E-state index in [1.54, 1.807) is 4.90 Å². The number of nitrogens with zero attached hydrogens (tertiary/aromatic N) is 2. The van der Waals surface area contributed by atoms with Gasteiger partial charge in [-0.05, 0) is 25.5 Å². The molecule has 118 valence electrons. The largest absolute Gasteiger partial charge is 0.369 e. The van der Waals surface area contributed by atoms with Gasteiger partial charge in [0, 0.05) is 18.7 Å². The van der Waals surface area contributed by atoms with Crippen LogP contribution in [0.3, 0.4) is 0 Å². The SMILES string of the molecule is Cc1nc(-c2ccccc2)ccc1C(=O)N1CCC(C(N)=O)C1. The molecule has 1 atom stereocenters. The Balaban J connectivity index is 1.81. The van der Waals surface area contributed by atoms with E-state index in [4.69, 9.17) is 5.73 Å². The van der Waals surface area contributed by atoms with Gasteiger partial charge in [0.15, 0.2) is 0 Å². The lowest BCUT2D eigenvalue weighted by molar-refractivity contribution is -0.121. The van der Waals surface area contributed by atoms with E-state index < -0.39 is 0 Å². The highest BCUT2D eigenvalue weighted by Crippen LogP contribution is 2.22. The van der Waals surface area contributed by atoms with Gasteiger partial charge in [0.2, 0.25) is 5.91 Å². The molecule has 0 spiro atoms. The second-order valence-electron chi connectivity index (χ2n) is 5.83. The van der Waals surface area contributed by atoms with Crippen LogP contribution in [0.15, 0.2) is 42.5 Å². The smallest absolute Gasteiger partial charge is 0.255 e. The van der Waals surface area contributed by atoms with Gasteiger partial charge >= 0.3 is 0 Å². The molecule has 1 fully saturated rings. The second-order valence-corrected chi connectivity index (χ2v) is 5.83. The van der Waals surface area contributed by atoms with E-state index in [0.717, 1.165) is 11.3 Å². The first-order chi connectivity index (χ1) is 11.1. The third-order valence-corrected chi connectivity index (χ3v) is 4.26. The zero-order valence-corrected chi connectivity index (χ0v) is 13.0. The van der Waals surface area contributed by atoms with Gasteiger partial charge in [0.25, 0.3) is 5.91 Å². The summed E-state index contributed by atoms with van der Waals surface area (Å²) in [5.41, 5.74) is 8.46. The highest BCUT2D eigenvalue weighted by atomic mass is 16.2. The lowest BCUT2D eigenvalue weighted by Gasteiger charge is -2.17. The molecule has 2 heterocycles. The molecule has 1 aromatic carbocycles. The van der Waals surface area contributed by atoms with E-state index in [2.05, 4.69) is 4.98 Å². The van der Waals surface area contributed by atoms with E-state index in [9.17, 15) is 9.59 Å². The van der Waals surface area contributed by atoms with Crippen molar-refractivity contribution < 1.29 is 9.59 Å². The first kappa shape index (κ1) is 15.2. The summed E-state index contributed by atoms with van der Waals surface area (Å²) in [5.74, 6) is -0.663. The first-order valence-electron chi connectivity index (χ1n) is 7.68. The number of likely N-dealkylation sites (tertiary alicyclic amines) is 1. The molecule has 1 unspecified atom stereocenters. The summed E-state index contributed by atoms with van der Waals surface area (Å²) in [7, 11) is 0. The predicted octanol–water partition coefficient (Wildman–Crippen LogP) is 2.00. The molecule has 0 saturated carbocycles. The van der Waals surface area contributed by atoms with Crippen LogP contribution < -0.4 is 5.73 Å². The van der Waals surface area contributed by atoms with Crippen LogP contribution in [0.5, 0.6) is 0 Å². The summed E-state index contributed by atoms with van der Waals surface area (Å²) in [6, 6.07) is 13.5. The number of nitrogens with two attached hydrogens (primary N) is 1. The average Bonchev–Trinajstić information content (AvgIpc) is 3.05. The quantitative estimate of drug-likeness (QED) is 0.942. The van der Waals surface area contributed by atoms with Crippen molar-refractivity contribution in [3.05, 3.63) is 53.7 Å². The van der Waals surface area contributed by atoms with Crippen molar-refractivity contribution in [1.29, 1.82) is 0 Å². The van der Waals surface area contributed by atoms with Gasteiger partial charge in [-0.1, -0.05) is 30.3 Å². The van der Waals surface area contributed by atoms with Gasteiger partial charge in [-0.25, -0.2) is 0 Å². The average molecular weight is 309 g/mol. The molecule has 1 saturated heterocycles. The number of hydrogen-bond donors (Lipinski definition) is 1. The van der Waals surface area contributed by atoms with Gasteiger partial charge < -0.3 is 10.6 Å². The molecule has 0 aliphatic carbocycles. The fourth-order valence-corrected chi connectivity index (χ4v) is 2.90. The minimum Gasteiger partial charge on any atom is -0.369 e. The summed E-state index contributed by atoms with van der Waals surface area (Å²) in [4.78, 5) is 30.1. The Hall–Kier alpha value is -2.69. The Kier molecular flexibility index (Phi) is 4.10. The van der Waals surface area contributed by atoms with Crippen LogP contribution in [0.25, 0.3) is 11.3 Å². The molecule has 5 nitrogen and oxygen atoms in total. The van der Waals surface area contributed by atoms with E-state index in [0.29, 0.717) is 30.8 Å². The number of carbonyl (C=O) groups is 2. The van der Waals surface area contributed by atoms with Crippen LogP contribution in [0.1, 0.15) is 22.5 Å². The van der Waals surface area contributed by atoms with Crippen LogP contribution in [-0.4, -0.2) is 34.8 Å². The molecular weight excluding hydrogens is 290 g/mol. The predicted molar refractivity (Wildman–Crippen MR) is 87.6 cm³/mol. The highest BCUT2D eigenvalue weighted by Gasteiger charge is 2.30. The summed E-state index contributed by atoms with van der Waals surface area (Å²) in [6.07, 6.45) is 0.635. The molecule has 2 amide bonds. The maximum absolute atomic E-state index is 12.6. The monoisotopic (exact) mass is 309 g/mol. The summed E-state index contributed by atoms with van der Waals surface area (Å²) in [6.45, 7) is 2.79. The molecule has 2 N–H and O–H groups in total. The van der Waals surface area contributed by atoms with Crippen molar-refractivity contribution in [2.75, 3.05) is 13.1 Å². The molecule has 1 aromatic heterocycles. The van der Waals surface area contributed by atoms with Crippen molar-refractivity contribution in [2.24, 2.45) is 11.7 Å². The Morgan fingerprint density at radius 3 is 2.52 bits per heavy atom. The molecule has 1 aliphatic rings. The van der Waals surface area contributed by atoms with E-state index in [1.807, 2.05) is 49.4 Å². The van der Waals surface area contributed by atoms with Crippen molar-refractivity contribution in [3.8, 4) is 11.3 Å². The van der Waals surface area contributed by atoms with Crippen LogP contribution in [-0.2, 0) is 4.79 Å². The lowest BCUT2D eigenvalue weighted by Crippen LogP contribution is -2.32. The number of pyridine rings is 1. The number of primary amides is 1.